The first-order valence-electron chi connectivity index (χ1n) is 10.2. The minimum atomic E-state index is -0.592. The summed E-state index contributed by atoms with van der Waals surface area (Å²) in [5.74, 6) is 1.65. The number of fused-ring (bicyclic) bond motifs is 4. The Morgan fingerprint density at radius 1 is 1.10 bits per heavy atom. The second kappa shape index (κ2) is 6.48. The minimum absolute atomic E-state index is 0.0455. The molecule has 0 spiro atoms. The Morgan fingerprint density at radius 2 is 1.90 bits per heavy atom. The highest BCUT2D eigenvalue weighted by Crippen LogP contribution is 2.42. The molecule has 3 aliphatic rings. The van der Waals surface area contributed by atoms with E-state index in [1.54, 1.807) is 23.1 Å². The first-order chi connectivity index (χ1) is 14.7. The SMILES string of the molecule is O=C(CC1C(=O)N(C2CC2)c2nc3ccccc3n21)Nc1ccc2c(c1)OCCO2. The molecule has 30 heavy (non-hydrogen) atoms. The number of para-hydroxylation sites is 2. The van der Waals surface area contributed by atoms with E-state index in [0.717, 1.165) is 23.9 Å². The highest BCUT2D eigenvalue weighted by atomic mass is 16.6. The van der Waals surface area contributed by atoms with E-state index in [1.165, 1.54) is 0 Å². The normalized spacial score (nSPS) is 19.8. The maximum Gasteiger partial charge on any atom is 0.253 e. The molecule has 152 valence electrons. The average molecular weight is 404 g/mol. The number of benzene rings is 2. The van der Waals surface area contributed by atoms with Crippen LogP contribution in [0, 0.1) is 0 Å². The molecular weight excluding hydrogens is 384 g/mol. The molecular formula is C22H20N4O4. The number of rotatable bonds is 4. The molecule has 0 bridgehead atoms. The number of ether oxygens (including phenoxy) is 2. The van der Waals surface area contributed by atoms with Gasteiger partial charge < -0.3 is 14.8 Å². The quantitative estimate of drug-likeness (QED) is 0.723. The number of carbonyl (C=O) groups excluding carboxylic acids is 2. The Balaban J connectivity index is 1.28. The summed E-state index contributed by atoms with van der Waals surface area (Å²) in [6.07, 6.45) is 2.00. The second-order valence-corrected chi connectivity index (χ2v) is 7.84. The van der Waals surface area contributed by atoms with Crippen LogP contribution < -0.4 is 19.7 Å². The van der Waals surface area contributed by atoms with Crippen LogP contribution in [0.15, 0.2) is 42.5 Å². The predicted molar refractivity (Wildman–Crippen MR) is 110 cm³/mol. The van der Waals surface area contributed by atoms with Crippen LogP contribution in [0.3, 0.4) is 0 Å². The summed E-state index contributed by atoms with van der Waals surface area (Å²) in [6.45, 7) is 0.996. The molecule has 1 fully saturated rings. The monoisotopic (exact) mass is 404 g/mol. The van der Waals surface area contributed by atoms with Crippen molar-refractivity contribution in [3.8, 4) is 11.5 Å². The third kappa shape index (κ3) is 2.71. The Hall–Kier alpha value is -3.55. The number of nitrogens with zero attached hydrogens (tertiary/aromatic N) is 3. The highest BCUT2D eigenvalue weighted by Gasteiger charge is 2.47. The smallest absolute Gasteiger partial charge is 0.253 e. The first kappa shape index (κ1) is 17.3. The fourth-order valence-electron chi connectivity index (χ4n) is 4.24. The molecule has 1 saturated carbocycles. The van der Waals surface area contributed by atoms with Crippen molar-refractivity contribution in [2.45, 2.75) is 31.3 Å². The third-order valence-corrected chi connectivity index (χ3v) is 5.74. The van der Waals surface area contributed by atoms with E-state index < -0.39 is 6.04 Å². The fraction of sp³-hybridized carbons (Fsp3) is 0.318. The standard InChI is InChI=1S/C22H20N4O4/c27-20(23-13-5-8-18-19(11-13)30-10-9-29-18)12-17-21(28)25(14-6-7-14)22-24-15-3-1-2-4-16(15)26(17)22/h1-5,8,11,14,17H,6-7,9-10,12H2,(H,23,27). The topological polar surface area (TPSA) is 85.7 Å². The van der Waals surface area contributed by atoms with E-state index in [0.29, 0.717) is 36.3 Å². The van der Waals surface area contributed by atoms with Crippen molar-refractivity contribution in [1.82, 2.24) is 9.55 Å². The van der Waals surface area contributed by atoms with Crippen molar-refractivity contribution in [3.05, 3.63) is 42.5 Å². The molecule has 1 atom stereocenters. The van der Waals surface area contributed by atoms with Crippen molar-refractivity contribution in [2.75, 3.05) is 23.4 Å². The van der Waals surface area contributed by atoms with Crippen LogP contribution in [-0.2, 0) is 9.59 Å². The van der Waals surface area contributed by atoms with Crippen molar-refractivity contribution in [3.63, 3.8) is 0 Å². The van der Waals surface area contributed by atoms with Gasteiger partial charge in [-0.05, 0) is 37.1 Å². The van der Waals surface area contributed by atoms with Gasteiger partial charge in [0.2, 0.25) is 11.9 Å². The van der Waals surface area contributed by atoms with Gasteiger partial charge in [-0.1, -0.05) is 12.1 Å². The fourth-order valence-corrected chi connectivity index (χ4v) is 4.24. The number of amides is 2. The summed E-state index contributed by atoms with van der Waals surface area (Å²) in [5, 5.41) is 2.89. The number of nitrogens with one attached hydrogen (secondary N) is 1. The predicted octanol–water partition coefficient (Wildman–Crippen LogP) is 2.89. The zero-order chi connectivity index (χ0) is 20.2. The van der Waals surface area contributed by atoms with E-state index in [4.69, 9.17) is 9.47 Å². The first-order valence-corrected chi connectivity index (χ1v) is 10.2. The van der Waals surface area contributed by atoms with Gasteiger partial charge in [0.1, 0.15) is 19.3 Å². The maximum atomic E-state index is 13.2. The minimum Gasteiger partial charge on any atom is -0.486 e. The van der Waals surface area contributed by atoms with Crippen LogP contribution in [0.5, 0.6) is 11.5 Å². The van der Waals surface area contributed by atoms with E-state index in [1.807, 2.05) is 28.8 Å². The van der Waals surface area contributed by atoms with Gasteiger partial charge in [-0.2, -0.15) is 0 Å². The summed E-state index contributed by atoms with van der Waals surface area (Å²) >= 11 is 0. The van der Waals surface area contributed by atoms with Crippen molar-refractivity contribution in [1.29, 1.82) is 0 Å². The van der Waals surface area contributed by atoms with Gasteiger partial charge in [0, 0.05) is 17.8 Å². The van der Waals surface area contributed by atoms with Crippen LogP contribution in [0.4, 0.5) is 11.6 Å². The lowest BCUT2D eigenvalue weighted by atomic mass is 10.1. The molecule has 8 nitrogen and oxygen atoms in total. The van der Waals surface area contributed by atoms with Crippen molar-refractivity contribution in [2.24, 2.45) is 0 Å². The molecule has 1 aliphatic carbocycles. The highest BCUT2D eigenvalue weighted by molar-refractivity contribution is 6.05. The van der Waals surface area contributed by atoms with Gasteiger partial charge in [0.25, 0.3) is 5.91 Å². The summed E-state index contributed by atoms with van der Waals surface area (Å²) in [7, 11) is 0. The molecule has 0 radical (unpaired) electrons. The molecule has 1 unspecified atom stereocenters. The van der Waals surface area contributed by atoms with E-state index in [-0.39, 0.29) is 24.3 Å². The molecule has 3 heterocycles. The van der Waals surface area contributed by atoms with Gasteiger partial charge >= 0.3 is 0 Å². The van der Waals surface area contributed by atoms with Crippen LogP contribution in [0.2, 0.25) is 0 Å². The molecule has 6 rings (SSSR count). The van der Waals surface area contributed by atoms with Crippen LogP contribution >= 0.6 is 0 Å². The Kier molecular flexibility index (Phi) is 3.74. The Bertz CT molecular complexity index is 1180. The number of anilines is 2. The van der Waals surface area contributed by atoms with Gasteiger partial charge in [-0.3, -0.25) is 19.1 Å². The number of hydrogen-bond donors (Lipinski definition) is 1. The molecule has 1 aromatic heterocycles. The summed E-state index contributed by atoms with van der Waals surface area (Å²) in [5.41, 5.74) is 2.33. The average Bonchev–Trinajstić information content (AvgIpc) is 3.46. The lowest BCUT2D eigenvalue weighted by Gasteiger charge is -2.19. The van der Waals surface area contributed by atoms with E-state index in [2.05, 4.69) is 10.3 Å². The van der Waals surface area contributed by atoms with Gasteiger partial charge in [0.05, 0.1) is 17.5 Å². The lowest BCUT2D eigenvalue weighted by Crippen LogP contribution is -2.33. The zero-order valence-electron chi connectivity index (χ0n) is 16.2. The Labute approximate surface area is 172 Å². The van der Waals surface area contributed by atoms with Crippen molar-refractivity contribution < 1.29 is 19.1 Å². The van der Waals surface area contributed by atoms with Gasteiger partial charge in [-0.25, -0.2) is 4.98 Å². The Morgan fingerprint density at radius 3 is 2.73 bits per heavy atom. The van der Waals surface area contributed by atoms with E-state index in [9.17, 15) is 9.59 Å². The number of aromatic nitrogens is 2. The molecule has 8 heteroatoms. The van der Waals surface area contributed by atoms with Gasteiger partial charge in [0.15, 0.2) is 11.5 Å². The van der Waals surface area contributed by atoms with Crippen LogP contribution in [0.25, 0.3) is 11.0 Å². The number of hydrogen-bond acceptors (Lipinski definition) is 5. The van der Waals surface area contributed by atoms with Crippen LogP contribution in [-0.4, -0.2) is 40.6 Å². The molecule has 1 N–H and O–H groups in total. The largest absolute Gasteiger partial charge is 0.486 e. The number of imidazole rings is 1. The summed E-state index contributed by atoms with van der Waals surface area (Å²) in [6, 6.07) is 12.6. The zero-order valence-corrected chi connectivity index (χ0v) is 16.2. The summed E-state index contributed by atoms with van der Waals surface area (Å²) < 4.78 is 13.0. The van der Waals surface area contributed by atoms with Gasteiger partial charge in [-0.15, -0.1) is 0 Å². The van der Waals surface area contributed by atoms with Crippen LogP contribution in [0.1, 0.15) is 25.3 Å². The third-order valence-electron chi connectivity index (χ3n) is 5.74. The lowest BCUT2D eigenvalue weighted by molar-refractivity contribution is -0.124. The maximum absolute atomic E-state index is 13.2. The summed E-state index contributed by atoms with van der Waals surface area (Å²) in [4.78, 5) is 32.5. The molecule has 2 aromatic carbocycles. The molecule has 0 saturated heterocycles. The van der Waals surface area contributed by atoms with E-state index >= 15 is 0 Å². The van der Waals surface area contributed by atoms with Crippen molar-refractivity contribution >= 4 is 34.5 Å². The number of carbonyl (C=O) groups is 2. The molecule has 3 aromatic rings. The second-order valence-electron chi connectivity index (χ2n) is 7.84. The molecule has 2 amide bonds. The molecule has 2 aliphatic heterocycles.